The molecule has 0 radical (unpaired) electrons. The molecule has 0 spiro atoms. The van der Waals surface area contributed by atoms with E-state index in [9.17, 15) is 0 Å². The van der Waals surface area contributed by atoms with Gasteiger partial charge in [0.1, 0.15) is 0 Å². The lowest BCUT2D eigenvalue weighted by Gasteiger charge is -2.01. The van der Waals surface area contributed by atoms with Crippen molar-refractivity contribution in [3.63, 3.8) is 0 Å². The Morgan fingerprint density at radius 3 is 2.94 bits per heavy atom. The van der Waals surface area contributed by atoms with Crippen LogP contribution in [0.4, 0.5) is 0 Å². The summed E-state index contributed by atoms with van der Waals surface area (Å²) in [7, 11) is 0. The smallest absolute Gasteiger partial charge is 0.259 e. The second-order valence-corrected chi connectivity index (χ2v) is 5.21. The number of aryl methyl sites for hydroxylation is 1. The zero-order valence-corrected chi connectivity index (χ0v) is 11.9. The van der Waals surface area contributed by atoms with E-state index >= 15 is 0 Å². The number of benzene rings is 1. The van der Waals surface area contributed by atoms with E-state index in [0.29, 0.717) is 18.1 Å². The summed E-state index contributed by atoms with van der Waals surface area (Å²) in [5.74, 6) is 1.22. The minimum Gasteiger partial charge on any atom is -0.334 e. The number of rotatable bonds is 3. The van der Waals surface area contributed by atoms with Crippen LogP contribution in [0.2, 0.25) is 0 Å². The fourth-order valence-corrected chi connectivity index (χ4v) is 2.14. The van der Waals surface area contributed by atoms with Gasteiger partial charge in [0.05, 0.1) is 5.56 Å². The minimum atomic E-state index is 0.0389. The molecule has 0 saturated heterocycles. The summed E-state index contributed by atoms with van der Waals surface area (Å²) >= 11 is 2.29. The van der Waals surface area contributed by atoms with Crippen LogP contribution in [0.3, 0.4) is 0 Å². The first-order valence-electron chi connectivity index (χ1n) is 5.41. The fourth-order valence-electron chi connectivity index (χ4n) is 1.55. The van der Waals surface area contributed by atoms with E-state index < -0.39 is 0 Å². The fraction of sp³-hybridized carbons (Fsp3) is 0.333. The van der Waals surface area contributed by atoms with Gasteiger partial charge in [0.25, 0.3) is 5.89 Å². The van der Waals surface area contributed by atoms with Crippen LogP contribution in [0.1, 0.15) is 18.3 Å². The molecule has 0 bridgehead atoms. The Hall–Kier alpha value is -0.950. The zero-order valence-electron chi connectivity index (χ0n) is 9.77. The minimum absolute atomic E-state index is 0.0389. The molecule has 0 aliphatic rings. The summed E-state index contributed by atoms with van der Waals surface area (Å²) in [6, 6.07) is 6.07. The largest absolute Gasteiger partial charge is 0.334 e. The highest BCUT2D eigenvalue weighted by Crippen LogP contribution is 2.26. The van der Waals surface area contributed by atoms with Crippen molar-refractivity contribution in [1.82, 2.24) is 10.1 Å². The molecule has 0 saturated carbocycles. The average molecular weight is 343 g/mol. The molecule has 2 N–H and O–H groups in total. The van der Waals surface area contributed by atoms with E-state index in [0.717, 1.165) is 9.13 Å². The third-order valence-electron chi connectivity index (χ3n) is 2.39. The van der Waals surface area contributed by atoms with Gasteiger partial charge in [0.15, 0.2) is 5.82 Å². The van der Waals surface area contributed by atoms with E-state index in [-0.39, 0.29) is 6.04 Å². The number of hydrogen-bond acceptors (Lipinski definition) is 4. The Kier molecular flexibility index (Phi) is 3.78. The third-order valence-corrected chi connectivity index (χ3v) is 3.83. The average Bonchev–Trinajstić information content (AvgIpc) is 2.69. The standard InChI is InChI=1S/C12H14IN3O/c1-7-4-3-5-9(11(7)13)12-15-10(16-17-12)6-8(2)14/h3-5,8H,6,14H2,1-2H3. The molecule has 1 aromatic heterocycles. The van der Waals surface area contributed by atoms with Crippen molar-refractivity contribution in [3.05, 3.63) is 33.2 Å². The maximum absolute atomic E-state index is 5.70. The monoisotopic (exact) mass is 343 g/mol. The maximum Gasteiger partial charge on any atom is 0.259 e. The Balaban J connectivity index is 2.34. The summed E-state index contributed by atoms with van der Waals surface area (Å²) in [5.41, 5.74) is 7.89. The van der Waals surface area contributed by atoms with Crippen molar-refractivity contribution in [2.45, 2.75) is 26.3 Å². The van der Waals surface area contributed by atoms with Crippen molar-refractivity contribution in [2.75, 3.05) is 0 Å². The lowest BCUT2D eigenvalue weighted by Crippen LogP contribution is -2.18. The van der Waals surface area contributed by atoms with Crippen LogP contribution in [0, 0.1) is 10.5 Å². The molecule has 0 fully saturated rings. The van der Waals surface area contributed by atoms with Crippen LogP contribution in [0.5, 0.6) is 0 Å². The Labute approximate surface area is 114 Å². The van der Waals surface area contributed by atoms with E-state index in [1.165, 1.54) is 5.56 Å². The summed E-state index contributed by atoms with van der Waals surface area (Å²) in [6.07, 6.45) is 0.631. The highest BCUT2D eigenvalue weighted by atomic mass is 127. The quantitative estimate of drug-likeness (QED) is 0.870. The van der Waals surface area contributed by atoms with Crippen LogP contribution in [0.25, 0.3) is 11.5 Å². The SMILES string of the molecule is Cc1cccc(-c2nc(CC(C)N)no2)c1I. The topological polar surface area (TPSA) is 64.9 Å². The summed E-state index contributed by atoms with van der Waals surface area (Å²) in [4.78, 5) is 4.36. The van der Waals surface area contributed by atoms with Gasteiger partial charge in [0.2, 0.25) is 0 Å². The van der Waals surface area contributed by atoms with Gasteiger partial charge in [-0.05, 0) is 48.1 Å². The molecule has 90 valence electrons. The molecule has 1 heterocycles. The molecule has 4 nitrogen and oxygen atoms in total. The van der Waals surface area contributed by atoms with Crippen LogP contribution in [0.15, 0.2) is 22.7 Å². The van der Waals surface area contributed by atoms with Gasteiger partial charge in [-0.1, -0.05) is 17.3 Å². The molecule has 1 unspecified atom stereocenters. The van der Waals surface area contributed by atoms with E-state index in [2.05, 4.69) is 45.7 Å². The first-order chi connectivity index (χ1) is 8.08. The molecule has 1 atom stereocenters. The lowest BCUT2D eigenvalue weighted by molar-refractivity contribution is 0.420. The molecule has 0 aliphatic heterocycles. The number of nitrogens with zero attached hydrogens (tertiary/aromatic N) is 2. The number of aromatic nitrogens is 2. The first kappa shape index (κ1) is 12.5. The Bertz CT molecular complexity index is 522. The van der Waals surface area contributed by atoms with Gasteiger partial charge in [-0.25, -0.2) is 0 Å². The molecule has 5 heteroatoms. The number of nitrogens with two attached hydrogens (primary N) is 1. The summed E-state index contributed by atoms with van der Waals surface area (Å²) < 4.78 is 6.41. The first-order valence-corrected chi connectivity index (χ1v) is 6.49. The van der Waals surface area contributed by atoms with Crippen molar-refractivity contribution < 1.29 is 4.52 Å². The van der Waals surface area contributed by atoms with Crippen LogP contribution < -0.4 is 5.73 Å². The predicted molar refractivity (Wildman–Crippen MR) is 74.5 cm³/mol. The second kappa shape index (κ2) is 5.14. The zero-order chi connectivity index (χ0) is 12.4. The summed E-state index contributed by atoms with van der Waals surface area (Å²) in [5, 5.41) is 3.93. The van der Waals surface area contributed by atoms with Crippen molar-refractivity contribution in [1.29, 1.82) is 0 Å². The molecular formula is C12H14IN3O. The van der Waals surface area contributed by atoms with E-state index in [4.69, 9.17) is 10.3 Å². The van der Waals surface area contributed by atoms with Crippen LogP contribution in [-0.4, -0.2) is 16.2 Å². The molecule has 0 aliphatic carbocycles. The Morgan fingerprint density at radius 2 is 2.24 bits per heavy atom. The van der Waals surface area contributed by atoms with E-state index in [1.807, 2.05) is 19.1 Å². The molecule has 0 amide bonds. The molecular weight excluding hydrogens is 329 g/mol. The van der Waals surface area contributed by atoms with Gasteiger partial charge in [0, 0.05) is 16.0 Å². The molecule has 1 aromatic carbocycles. The molecule has 2 aromatic rings. The number of halogens is 1. The van der Waals surface area contributed by atoms with Crippen LogP contribution in [-0.2, 0) is 6.42 Å². The van der Waals surface area contributed by atoms with Crippen molar-refractivity contribution >= 4 is 22.6 Å². The molecule has 2 rings (SSSR count). The number of hydrogen-bond donors (Lipinski definition) is 1. The summed E-state index contributed by atoms with van der Waals surface area (Å²) in [6.45, 7) is 3.98. The van der Waals surface area contributed by atoms with Gasteiger partial charge in [-0.15, -0.1) is 0 Å². The van der Waals surface area contributed by atoms with Gasteiger partial charge in [-0.3, -0.25) is 0 Å². The highest BCUT2D eigenvalue weighted by Gasteiger charge is 2.13. The third kappa shape index (κ3) is 2.84. The lowest BCUT2D eigenvalue weighted by atomic mass is 10.1. The van der Waals surface area contributed by atoms with Crippen LogP contribution >= 0.6 is 22.6 Å². The van der Waals surface area contributed by atoms with Gasteiger partial charge < -0.3 is 10.3 Å². The Morgan fingerprint density at radius 1 is 1.47 bits per heavy atom. The van der Waals surface area contributed by atoms with Gasteiger partial charge in [-0.2, -0.15) is 4.98 Å². The maximum atomic E-state index is 5.70. The second-order valence-electron chi connectivity index (χ2n) is 4.13. The molecule has 17 heavy (non-hydrogen) atoms. The van der Waals surface area contributed by atoms with Crippen molar-refractivity contribution in [3.8, 4) is 11.5 Å². The normalized spacial score (nSPS) is 12.7. The highest BCUT2D eigenvalue weighted by molar-refractivity contribution is 14.1. The van der Waals surface area contributed by atoms with Crippen molar-refractivity contribution in [2.24, 2.45) is 5.73 Å². The predicted octanol–water partition coefficient (Wildman–Crippen LogP) is 2.54. The van der Waals surface area contributed by atoms with E-state index in [1.54, 1.807) is 0 Å². The van der Waals surface area contributed by atoms with Gasteiger partial charge >= 0.3 is 0 Å².